The third-order valence-corrected chi connectivity index (χ3v) is 4.59. The fourth-order valence-electron chi connectivity index (χ4n) is 3.33. The van der Waals surface area contributed by atoms with Gasteiger partial charge in [0, 0.05) is 17.3 Å². The molecule has 0 unspecified atom stereocenters. The normalized spacial score (nSPS) is 17.0. The van der Waals surface area contributed by atoms with Crippen LogP contribution in [0.4, 0.5) is 5.82 Å². The Balaban J connectivity index is 1.61. The van der Waals surface area contributed by atoms with Gasteiger partial charge in [0.15, 0.2) is 11.6 Å². The molecule has 1 aliphatic heterocycles. The molecular weight excluding hydrogens is 316 g/mol. The van der Waals surface area contributed by atoms with Gasteiger partial charge in [-0.15, -0.1) is 0 Å². The summed E-state index contributed by atoms with van der Waals surface area (Å²) in [6, 6.07) is 13.2. The van der Waals surface area contributed by atoms with Gasteiger partial charge in [0.1, 0.15) is 6.61 Å². The molecule has 1 aliphatic carbocycles. The maximum absolute atomic E-state index is 12.7. The van der Waals surface area contributed by atoms with Crippen LogP contribution in [0.3, 0.4) is 0 Å². The lowest BCUT2D eigenvalue weighted by Crippen LogP contribution is -2.32. The third-order valence-electron chi connectivity index (χ3n) is 4.59. The highest BCUT2D eigenvalue weighted by Gasteiger charge is 2.41. The highest BCUT2D eigenvalue weighted by molar-refractivity contribution is 6.33. The zero-order chi connectivity index (χ0) is 17.2. The minimum atomic E-state index is -0.247. The summed E-state index contributed by atoms with van der Waals surface area (Å²) in [5.74, 6) is 0.224. The van der Waals surface area contributed by atoms with Gasteiger partial charge >= 0.3 is 0 Å². The third kappa shape index (κ3) is 2.82. The van der Waals surface area contributed by atoms with Crippen molar-refractivity contribution in [3.05, 3.63) is 65.4 Å². The molecule has 0 saturated heterocycles. The molecule has 5 heteroatoms. The zero-order valence-electron chi connectivity index (χ0n) is 13.8. The van der Waals surface area contributed by atoms with Crippen molar-refractivity contribution in [3.8, 4) is 5.75 Å². The Kier molecular flexibility index (Phi) is 4.06. The van der Waals surface area contributed by atoms with Crippen LogP contribution in [0.15, 0.2) is 59.8 Å². The van der Waals surface area contributed by atoms with Gasteiger partial charge in [-0.1, -0.05) is 30.3 Å². The predicted octanol–water partition coefficient (Wildman–Crippen LogP) is 3.40. The van der Waals surface area contributed by atoms with Crippen LogP contribution in [0.1, 0.15) is 31.2 Å². The lowest BCUT2D eigenvalue weighted by Gasteiger charge is -2.17. The number of aromatic nitrogens is 1. The Morgan fingerprint density at radius 1 is 0.920 bits per heavy atom. The minimum Gasteiger partial charge on any atom is -0.485 e. The molecule has 0 saturated carbocycles. The van der Waals surface area contributed by atoms with Crippen molar-refractivity contribution in [2.45, 2.75) is 32.3 Å². The van der Waals surface area contributed by atoms with Crippen LogP contribution in [0.2, 0.25) is 0 Å². The molecule has 2 heterocycles. The highest BCUT2D eigenvalue weighted by Crippen LogP contribution is 2.37. The molecule has 25 heavy (non-hydrogen) atoms. The number of hydrogen-bond donors (Lipinski definition) is 0. The Labute approximate surface area is 145 Å². The quantitative estimate of drug-likeness (QED) is 0.804. The van der Waals surface area contributed by atoms with Gasteiger partial charge in [0.25, 0.3) is 11.8 Å². The fraction of sp³-hybridized carbons (Fsp3) is 0.250. The van der Waals surface area contributed by atoms with E-state index in [9.17, 15) is 9.59 Å². The first-order valence-corrected chi connectivity index (χ1v) is 8.48. The zero-order valence-corrected chi connectivity index (χ0v) is 13.8. The van der Waals surface area contributed by atoms with Gasteiger partial charge < -0.3 is 4.74 Å². The molecule has 0 fully saturated rings. The van der Waals surface area contributed by atoms with E-state index in [-0.39, 0.29) is 17.6 Å². The van der Waals surface area contributed by atoms with Crippen molar-refractivity contribution < 1.29 is 14.3 Å². The topological polar surface area (TPSA) is 59.5 Å². The van der Waals surface area contributed by atoms with Gasteiger partial charge in [-0.2, -0.15) is 0 Å². The van der Waals surface area contributed by atoms with Crippen molar-refractivity contribution in [2.24, 2.45) is 0 Å². The number of ether oxygens (including phenoxy) is 1. The first-order chi connectivity index (χ1) is 12.3. The Hall–Kier alpha value is -2.95. The van der Waals surface area contributed by atoms with Crippen molar-refractivity contribution in [3.63, 3.8) is 0 Å². The van der Waals surface area contributed by atoms with E-state index >= 15 is 0 Å². The monoisotopic (exact) mass is 334 g/mol. The largest absolute Gasteiger partial charge is 0.485 e. The molecule has 5 nitrogen and oxygen atoms in total. The number of carbonyl (C=O) groups is 2. The van der Waals surface area contributed by atoms with E-state index < -0.39 is 0 Å². The second-order valence-electron chi connectivity index (χ2n) is 6.21. The molecular formula is C20H18N2O3. The number of benzene rings is 1. The van der Waals surface area contributed by atoms with Crippen LogP contribution >= 0.6 is 0 Å². The van der Waals surface area contributed by atoms with E-state index in [2.05, 4.69) is 4.98 Å². The maximum atomic E-state index is 12.7. The van der Waals surface area contributed by atoms with Gasteiger partial charge in [-0.05, 0) is 43.4 Å². The SMILES string of the molecule is O=C1C2=C(CCCC2)C(=O)N1c1ncccc1OCc1ccccc1. The van der Waals surface area contributed by atoms with Gasteiger partial charge in [-0.3, -0.25) is 9.59 Å². The summed E-state index contributed by atoms with van der Waals surface area (Å²) in [5, 5.41) is 0. The van der Waals surface area contributed by atoms with Crippen LogP contribution < -0.4 is 9.64 Å². The van der Waals surface area contributed by atoms with E-state index in [0.29, 0.717) is 36.3 Å². The average Bonchev–Trinajstić information content (AvgIpc) is 2.92. The fourth-order valence-corrected chi connectivity index (χ4v) is 3.33. The van der Waals surface area contributed by atoms with Crippen LogP contribution in [0.5, 0.6) is 5.75 Å². The molecule has 2 aliphatic rings. The van der Waals surface area contributed by atoms with E-state index in [0.717, 1.165) is 18.4 Å². The summed E-state index contributed by atoms with van der Waals surface area (Å²) in [4.78, 5) is 30.9. The number of rotatable bonds is 4. The number of hydrogen-bond acceptors (Lipinski definition) is 4. The standard InChI is InChI=1S/C20H18N2O3/c23-19-15-9-4-5-10-16(15)20(24)22(19)18-17(11-6-12-21-18)25-13-14-7-2-1-3-8-14/h1-3,6-8,11-12H,4-5,9-10,13H2. The predicted molar refractivity (Wildman–Crippen MR) is 93.0 cm³/mol. The molecule has 2 aromatic rings. The molecule has 1 aromatic heterocycles. The summed E-state index contributed by atoms with van der Waals surface area (Å²) in [5.41, 5.74) is 2.31. The Morgan fingerprint density at radius 3 is 2.28 bits per heavy atom. The molecule has 2 amide bonds. The molecule has 0 bridgehead atoms. The van der Waals surface area contributed by atoms with Crippen LogP contribution in [-0.4, -0.2) is 16.8 Å². The summed E-state index contributed by atoms with van der Waals surface area (Å²) in [6.45, 7) is 0.350. The van der Waals surface area contributed by atoms with Gasteiger partial charge in [-0.25, -0.2) is 9.88 Å². The van der Waals surface area contributed by atoms with E-state index in [1.807, 2.05) is 30.3 Å². The first kappa shape index (κ1) is 15.6. The van der Waals surface area contributed by atoms with Crippen LogP contribution in [0, 0.1) is 0 Å². The van der Waals surface area contributed by atoms with E-state index in [1.54, 1.807) is 18.3 Å². The lowest BCUT2D eigenvalue weighted by molar-refractivity contribution is -0.120. The lowest BCUT2D eigenvalue weighted by atomic mass is 9.93. The number of imide groups is 1. The van der Waals surface area contributed by atoms with Crippen molar-refractivity contribution in [1.82, 2.24) is 4.98 Å². The Bertz CT molecular complexity index is 830. The highest BCUT2D eigenvalue weighted by atomic mass is 16.5. The number of pyridine rings is 1. The summed E-state index contributed by atoms with van der Waals surface area (Å²) in [7, 11) is 0. The molecule has 4 rings (SSSR count). The van der Waals surface area contributed by atoms with Crippen molar-refractivity contribution >= 4 is 17.6 Å². The van der Waals surface area contributed by atoms with Gasteiger partial charge in [0.2, 0.25) is 0 Å². The molecule has 0 radical (unpaired) electrons. The second-order valence-corrected chi connectivity index (χ2v) is 6.21. The van der Waals surface area contributed by atoms with Crippen LogP contribution in [0.25, 0.3) is 0 Å². The molecule has 126 valence electrons. The number of carbonyl (C=O) groups excluding carboxylic acids is 2. The smallest absolute Gasteiger partial charge is 0.263 e. The first-order valence-electron chi connectivity index (χ1n) is 8.48. The van der Waals surface area contributed by atoms with Crippen LogP contribution in [-0.2, 0) is 16.2 Å². The number of nitrogens with zero attached hydrogens (tertiary/aromatic N) is 2. The molecule has 1 aromatic carbocycles. The summed E-state index contributed by atoms with van der Waals surface area (Å²) < 4.78 is 5.86. The maximum Gasteiger partial charge on any atom is 0.263 e. The van der Waals surface area contributed by atoms with E-state index in [4.69, 9.17) is 4.74 Å². The number of amides is 2. The average molecular weight is 334 g/mol. The number of anilines is 1. The van der Waals surface area contributed by atoms with Crippen molar-refractivity contribution in [2.75, 3.05) is 4.90 Å². The van der Waals surface area contributed by atoms with E-state index in [1.165, 1.54) is 4.90 Å². The second kappa shape index (κ2) is 6.51. The Morgan fingerprint density at radius 2 is 1.60 bits per heavy atom. The molecule has 0 spiro atoms. The van der Waals surface area contributed by atoms with Crippen molar-refractivity contribution in [1.29, 1.82) is 0 Å². The minimum absolute atomic E-state index is 0.247. The summed E-state index contributed by atoms with van der Waals surface area (Å²) >= 11 is 0. The summed E-state index contributed by atoms with van der Waals surface area (Å²) in [6.07, 6.45) is 4.81. The molecule has 0 N–H and O–H groups in total. The van der Waals surface area contributed by atoms with Gasteiger partial charge in [0.05, 0.1) is 0 Å². The molecule has 0 atom stereocenters.